The molecule has 5 nitrogen and oxygen atoms in total. The van der Waals surface area contributed by atoms with Crippen LogP contribution in [0.25, 0.3) is 5.69 Å². The molecule has 1 heterocycles. The van der Waals surface area contributed by atoms with Crippen molar-refractivity contribution in [3.8, 4) is 5.69 Å². The maximum atomic E-state index is 11.6. The van der Waals surface area contributed by atoms with Crippen LogP contribution in [-0.2, 0) is 7.05 Å². The van der Waals surface area contributed by atoms with Crippen LogP contribution in [0.4, 0.5) is 0 Å². The standard InChI is InChI=1S/C9H8ClN3O2/c1-12-9(14)13(8(11)15-12)7-5-3-2-4-6(7)10/h2-5,11H,1H3. The van der Waals surface area contributed by atoms with Gasteiger partial charge < -0.3 is 4.52 Å². The fourth-order valence-electron chi connectivity index (χ4n) is 1.28. The summed E-state index contributed by atoms with van der Waals surface area (Å²) in [5, 5.41) is 7.88. The molecule has 6 heteroatoms. The topological polar surface area (TPSA) is 63.9 Å². The van der Waals surface area contributed by atoms with E-state index in [4.69, 9.17) is 21.5 Å². The number of halogens is 1. The average Bonchev–Trinajstić information content (AvgIpc) is 2.43. The molecule has 0 saturated heterocycles. The highest BCUT2D eigenvalue weighted by atomic mass is 35.5. The number of nitrogens with one attached hydrogen (secondary N) is 1. The van der Waals surface area contributed by atoms with Crippen molar-refractivity contribution in [1.82, 2.24) is 9.31 Å². The molecule has 0 spiro atoms. The van der Waals surface area contributed by atoms with Gasteiger partial charge in [0.15, 0.2) is 0 Å². The highest BCUT2D eigenvalue weighted by molar-refractivity contribution is 6.32. The number of hydrogen-bond donors (Lipinski definition) is 1. The lowest BCUT2D eigenvalue weighted by Gasteiger charge is -2.00. The van der Waals surface area contributed by atoms with Crippen molar-refractivity contribution >= 4 is 11.6 Å². The van der Waals surface area contributed by atoms with Crippen LogP contribution < -0.4 is 11.4 Å². The van der Waals surface area contributed by atoms with Crippen molar-refractivity contribution in [3.05, 3.63) is 45.5 Å². The van der Waals surface area contributed by atoms with Gasteiger partial charge in [-0.05, 0) is 12.1 Å². The van der Waals surface area contributed by atoms with Gasteiger partial charge in [0.25, 0.3) is 0 Å². The predicted molar refractivity (Wildman–Crippen MR) is 54.1 cm³/mol. The van der Waals surface area contributed by atoms with E-state index in [1.54, 1.807) is 24.3 Å². The smallest absolute Gasteiger partial charge is 0.336 e. The molecular weight excluding hydrogens is 218 g/mol. The molecule has 78 valence electrons. The summed E-state index contributed by atoms with van der Waals surface area (Å²) in [5.41, 5.74) is -0.248. The fraction of sp³-hybridized carbons (Fsp3) is 0.111. The van der Waals surface area contributed by atoms with Crippen LogP contribution in [0.15, 0.2) is 33.6 Å². The van der Waals surface area contributed by atoms with Gasteiger partial charge >= 0.3 is 11.4 Å². The number of para-hydroxylation sites is 1. The Bertz CT molecular complexity index is 608. The Morgan fingerprint density at radius 3 is 2.60 bits per heavy atom. The highest BCUT2D eigenvalue weighted by Crippen LogP contribution is 2.16. The van der Waals surface area contributed by atoms with E-state index in [1.807, 2.05) is 0 Å². The third-order valence-corrected chi connectivity index (χ3v) is 2.30. The number of benzene rings is 1. The van der Waals surface area contributed by atoms with E-state index in [-0.39, 0.29) is 5.68 Å². The molecule has 15 heavy (non-hydrogen) atoms. The molecule has 0 fully saturated rings. The first kappa shape index (κ1) is 9.79. The van der Waals surface area contributed by atoms with Gasteiger partial charge in [0.05, 0.1) is 17.8 Å². The molecule has 0 atom stereocenters. The zero-order valence-electron chi connectivity index (χ0n) is 7.90. The van der Waals surface area contributed by atoms with Gasteiger partial charge in [-0.2, -0.15) is 4.74 Å². The molecule has 0 saturated carbocycles. The minimum Gasteiger partial charge on any atom is -0.336 e. The quantitative estimate of drug-likeness (QED) is 0.784. The third-order valence-electron chi connectivity index (χ3n) is 1.98. The van der Waals surface area contributed by atoms with E-state index in [2.05, 4.69) is 0 Å². The first-order chi connectivity index (χ1) is 7.11. The second kappa shape index (κ2) is 3.43. The van der Waals surface area contributed by atoms with Gasteiger partial charge in [0.2, 0.25) is 0 Å². The molecule has 0 amide bonds. The van der Waals surface area contributed by atoms with Crippen LogP contribution in [0.3, 0.4) is 0 Å². The van der Waals surface area contributed by atoms with Gasteiger partial charge in [0.1, 0.15) is 0 Å². The molecule has 0 radical (unpaired) electrons. The first-order valence-corrected chi connectivity index (χ1v) is 4.58. The van der Waals surface area contributed by atoms with Gasteiger partial charge in [0, 0.05) is 0 Å². The van der Waals surface area contributed by atoms with Gasteiger partial charge in [-0.15, -0.1) is 0 Å². The molecule has 1 aromatic carbocycles. The number of hydrogen-bond acceptors (Lipinski definition) is 3. The third kappa shape index (κ3) is 1.50. The molecule has 1 aromatic heterocycles. The zero-order chi connectivity index (χ0) is 11.0. The van der Waals surface area contributed by atoms with E-state index in [1.165, 1.54) is 7.05 Å². The molecule has 0 aliphatic rings. The van der Waals surface area contributed by atoms with Crippen LogP contribution in [0.1, 0.15) is 0 Å². The SMILES string of the molecule is Cn1oc(=N)n(-c2ccccc2Cl)c1=O. The van der Waals surface area contributed by atoms with Crippen LogP contribution in [0, 0.1) is 5.41 Å². The molecule has 2 rings (SSSR count). The summed E-state index contributed by atoms with van der Waals surface area (Å²) in [6.45, 7) is 0. The zero-order valence-corrected chi connectivity index (χ0v) is 8.65. The van der Waals surface area contributed by atoms with Gasteiger partial charge in [-0.3, -0.25) is 0 Å². The molecule has 0 aliphatic carbocycles. The summed E-state index contributed by atoms with van der Waals surface area (Å²) in [6, 6.07) is 6.79. The summed E-state index contributed by atoms with van der Waals surface area (Å²) in [5.74, 6) is 0. The Labute approximate surface area is 89.6 Å². The maximum absolute atomic E-state index is 11.6. The summed E-state index contributed by atoms with van der Waals surface area (Å²) in [4.78, 5) is 11.6. The Kier molecular flexibility index (Phi) is 2.24. The Morgan fingerprint density at radius 1 is 1.40 bits per heavy atom. The minimum atomic E-state index is -0.437. The maximum Gasteiger partial charge on any atom is 0.365 e. The van der Waals surface area contributed by atoms with Crippen molar-refractivity contribution in [2.75, 3.05) is 0 Å². The normalized spacial score (nSPS) is 10.5. The molecule has 2 aromatic rings. The average molecular weight is 226 g/mol. The van der Waals surface area contributed by atoms with Gasteiger partial charge in [-0.1, -0.05) is 23.7 Å². The Morgan fingerprint density at radius 2 is 2.07 bits per heavy atom. The lowest BCUT2D eigenvalue weighted by molar-refractivity contribution is 0.265. The van der Waals surface area contributed by atoms with Crippen molar-refractivity contribution in [2.24, 2.45) is 7.05 Å². The van der Waals surface area contributed by atoms with E-state index in [9.17, 15) is 4.79 Å². The van der Waals surface area contributed by atoms with E-state index in [0.29, 0.717) is 10.7 Å². The van der Waals surface area contributed by atoms with Crippen LogP contribution >= 0.6 is 11.6 Å². The number of aromatic nitrogens is 2. The number of nitrogens with zero attached hydrogens (tertiary/aromatic N) is 2. The molecule has 0 aliphatic heterocycles. The first-order valence-electron chi connectivity index (χ1n) is 4.20. The largest absolute Gasteiger partial charge is 0.365 e. The predicted octanol–water partition coefficient (Wildman–Crippen LogP) is 0.902. The minimum absolute atomic E-state index is 0.254. The molecule has 0 bridgehead atoms. The monoisotopic (exact) mass is 225 g/mol. The Hall–Kier alpha value is -1.75. The van der Waals surface area contributed by atoms with Gasteiger partial charge in [-0.25, -0.2) is 14.8 Å². The van der Waals surface area contributed by atoms with E-state index >= 15 is 0 Å². The van der Waals surface area contributed by atoms with Crippen LogP contribution in [-0.4, -0.2) is 9.31 Å². The lowest BCUT2D eigenvalue weighted by atomic mass is 10.3. The summed E-state index contributed by atoms with van der Waals surface area (Å²) in [7, 11) is 1.44. The molecule has 0 unspecified atom stereocenters. The molecule has 1 N–H and O–H groups in total. The summed E-state index contributed by atoms with van der Waals surface area (Å²) < 4.78 is 6.91. The van der Waals surface area contributed by atoms with E-state index in [0.717, 1.165) is 9.31 Å². The lowest BCUT2D eigenvalue weighted by Crippen LogP contribution is -2.26. The molecular formula is C9H8ClN3O2. The van der Waals surface area contributed by atoms with Crippen molar-refractivity contribution < 1.29 is 4.52 Å². The summed E-state index contributed by atoms with van der Waals surface area (Å²) >= 11 is 5.92. The number of rotatable bonds is 1. The second-order valence-electron chi connectivity index (χ2n) is 2.96. The highest BCUT2D eigenvalue weighted by Gasteiger charge is 2.10. The van der Waals surface area contributed by atoms with Crippen LogP contribution in [0.2, 0.25) is 5.02 Å². The van der Waals surface area contributed by atoms with Crippen molar-refractivity contribution in [3.63, 3.8) is 0 Å². The Balaban J connectivity index is 2.81. The summed E-state index contributed by atoms with van der Waals surface area (Å²) in [6.07, 6.45) is 0. The van der Waals surface area contributed by atoms with Crippen molar-refractivity contribution in [1.29, 1.82) is 5.41 Å². The number of aryl methyl sites for hydroxylation is 1. The van der Waals surface area contributed by atoms with E-state index < -0.39 is 5.69 Å². The fourth-order valence-corrected chi connectivity index (χ4v) is 1.50. The van der Waals surface area contributed by atoms with Crippen molar-refractivity contribution in [2.45, 2.75) is 0 Å². The van der Waals surface area contributed by atoms with Crippen LogP contribution in [0.5, 0.6) is 0 Å². The second-order valence-corrected chi connectivity index (χ2v) is 3.37.